The molecular formula is C22H27N3O4S. The molecule has 2 aromatic rings. The maximum Gasteiger partial charge on any atom is 0.270 e. The van der Waals surface area contributed by atoms with E-state index in [2.05, 4.69) is 0 Å². The van der Waals surface area contributed by atoms with Gasteiger partial charge in [-0.15, -0.1) is 0 Å². The number of hydrogen-bond donors (Lipinski definition) is 0. The number of hydrogen-bond acceptors (Lipinski definition) is 4. The Balaban J connectivity index is 1.47. The Morgan fingerprint density at radius 1 is 1.07 bits per heavy atom. The molecular weight excluding hydrogens is 402 g/mol. The fourth-order valence-corrected chi connectivity index (χ4v) is 6.47. The quantitative estimate of drug-likeness (QED) is 0.752. The minimum absolute atomic E-state index is 0.0176. The molecule has 0 spiro atoms. The summed E-state index contributed by atoms with van der Waals surface area (Å²) in [5, 5.41) is 0. The van der Waals surface area contributed by atoms with E-state index in [9.17, 15) is 13.2 Å². The Labute approximate surface area is 177 Å². The minimum atomic E-state index is -3.65. The van der Waals surface area contributed by atoms with Crippen LogP contribution in [-0.4, -0.2) is 59.9 Å². The van der Waals surface area contributed by atoms with Gasteiger partial charge in [0.2, 0.25) is 10.0 Å². The highest BCUT2D eigenvalue weighted by Crippen LogP contribution is 2.39. The van der Waals surface area contributed by atoms with Gasteiger partial charge in [0, 0.05) is 39.3 Å². The molecule has 1 aromatic heterocycles. The van der Waals surface area contributed by atoms with Crippen molar-refractivity contribution in [2.45, 2.75) is 42.7 Å². The minimum Gasteiger partial charge on any atom is -0.487 e. The van der Waals surface area contributed by atoms with Gasteiger partial charge in [-0.1, -0.05) is 12.1 Å². The largest absolute Gasteiger partial charge is 0.487 e. The lowest BCUT2D eigenvalue weighted by Gasteiger charge is -2.31. The van der Waals surface area contributed by atoms with Crippen LogP contribution < -0.4 is 4.74 Å². The van der Waals surface area contributed by atoms with E-state index in [0.29, 0.717) is 49.8 Å². The number of ether oxygens (including phenoxy) is 1. The van der Waals surface area contributed by atoms with Gasteiger partial charge in [-0.05, 0) is 49.4 Å². The average molecular weight is 430 g/mol. The second kappa shape index (κ2) is 7.42. The van der Waals surface area contributed by atoms with Crippen molar-refractivity contribution in [1.82, 2.24) is 13.8 Å². The molecule has 1 aliphatic carbocycles. The number of sulfonamides is 1. The Hall–Kier alpha value is -2.32. The number of likely N-dealkylation sites (tertiary alicyclic amines) is 1. The Morgan fingerprint density at radius 3 is 2.57 bits per heavy atom. The molecule has 30 heavy (non-hydrogen) atoms. The number of aryl methyl sites for hydroxylation is 1. The number of aromatic nitrogens is 1. The number of fused-ring (bicyclic) bond motifs is 2. The van der Waals surface area contributed by atoms with Gasteiger partial charge in [-0.25, -0.2) is 8.42 Å². The van der Waals surface area contributed by atoms with Crippen molar-refractivity contribution in [1.29, 1.82) is 0 Å². The topological polar surface area (TPSA) is 71.8 Å². The Bertz CT molecular complexity index is 1060. The molecule has 0 bridgehead atoms. The lowest BCUT2D eigenvalue weighted by molar-refractivity contribution is 0.0745. The fourth-order valence-electron chi connectivity index (χ4n) is 4.59. The summed E-state index contributed by atoms with van der Waals surface area (Å²) in [6.45, 7) is 1.60. The normalized spacial score (nSPS) is 26.1. The summed E-state index contributed by atoms with van der Waals surface area (Å²) in [4.78, 5) is 15.1. The molecule has 8 heteroatoms. The second-order valence-corrected chi connectivity index (χ2v) is 10.4. The predicted molar refractivity (Wildman–Crippen MR) is 112 cm³/mol. The SMILES string of the molecule is Cn1cccc1C(=O)N1CC[C@@H]2[C@@H](CC1)Oc1ccccc1S(=O)(=O)N2CC1CC1. The first-order valence-corrected chi connectivity index (χ1v) is 12.1. The van der Waals surface area contributed by atoms with Gasteiger partial charge in [0.1, 0.15) is 22.4 Å². The van der Waals surface area contributed by atoms with Crippen LogP contribution in [0.1, 0.15) is 36.2 Å². The number of carbonyl (C=O) groups excluding carboxylic acids is 1. The first kappa shape index (κ1) is 19.6. The smallest absolute Gasteiger partial charge is 0.270 e. The maximum atomic E-state index is 13.6. The lowest BCUT2D eigenvalue weighted by atomic mass is 10.1. The van der Waals surface area contributed by atoms with E-state index in [0.717, 1.165) is 12.8 Å². The van der Waals surface area contributed by atoms with Crippen LogP contribution in [0.15, 0.2) is 47.5 Å². The number of para-hydroxylation sites is 1. The van der Waals surface area contributed by atoms with Crippen LogP contribution >= 0.6 is 0 Å². The number of nitrogens with zero attached hydrogens (tertiary/aromatic N) is 3. The third-order valence-electron chi connectivity index (χ3n) is 6.48. The van der Waals surface area contributed by atoms with Crippen LogP contribution in [0, 0.1) is 5.92 Å². The molecule has 2 fully saturated rings. The molecule has 160 valence electrons. The summed E-state index contributed by atoms with van der Waals surface area (Å²) in [7, 11) is -1.79. The standard InChI is InChI=1S/C22H27N3O4S/c1-23-12-4-5-18(23)22(26)24-13-10-17-19(11-14-24)29-20-6-2-3-7-21(20)30(27,28)25(17)15-16-8-9-16/h2-7,12,16-17,19H,8-11,13-15H2,1H3/t17-,19-/m1/s1. The molecule has 2 atom stereocenters. The summed E-state index contributed by atoms with van der Waals surface area (Å²) >= 11 is 0. The van der Waals surface area contributed by atoms with Gasteiger partial charge in [0.15, 0.2) is 0 Å². The van der Waals surface area contributed by atoms with Crippen molar-refractivity contribution in [3.05, 3.63) is 48.3 Å². The van der Waals surface area contributed by atoms with Crippen LogP contribution in [0.5, 0.6) is 5.75 Å². The summed E-state index contributed by atoms with van der Waals surface area (Å²) in [5.41, 5.74) is 0.644. The predicted octanol–water partition coefficient (Wildman–Crippen LogP) is 2.49. The zero-order valence-electron chi connectivity index (χ0n) is 17.1. The molecule has 0 unspecified atom stereocenters. The highest BCUT2D eigenvalue weighted by atomic mass is 32.2. The summed E-state index contributed by atoms with van der Waals surface area (Å²) in [6.07, 6.45) is 4.91. The van der Waals surface area contributed by atoms with Gasteiger partial charge in [0.25, 0.3) is 5.91 Å². The molecule has 5 rings (SSSR count). The van der Waals surface area contributed by atoms with Crippen LogP contribution in [0.25, 0.3) is 0 Å². The number of carbonyl (C=O) groups is 1. The van der Waals surface area contributed by atoms with E-state index in [-0.39, 0.29) is 22.9 Å². The van der Waals surface area contributed by atoms with Crippen LogP contribution in [-0.2, 0) is 17.1 Å². The first-order chi connectivity index (χ1) is 14.4. The summed E-state index contributed by atoms with van der Waals surface area (Å²) in [6, 6.07) is 10.3. The first-order valence-electron chi connectivity index (χ1n) is 10.6. The van der Waals surface area contributed by atoms with Crippen molar-refractivity contribution in [2.24, 2.45) is 13.0 Å². The number of rotatable bonds is 3. The monoisotopic (exact) mass is 429 g/mol. The molecule has 1 saturated carbocycles. The molecule has 7 nitrogen and oxygen atoms in total. The molecule has 2 aliphatic heterocycles. The number of benzene rings is 1. The van der Waals surface area contributed by atoms with Crippen molar-refractivity contribution in [3.63, 3.8) is 0 Å². The van der Waals surface area contributed by atoms with Crippen LogP contribution in [0.2, 0.25) is 0 Å². The zero-order valence-corrected chi connectivity index (χ0v) is 17.9. The van der Waals surface area contributed by atoms with Crippen molar-refractivity contribution < 1.29 is 17.9 Å². The van der Waals surface area contributed by atoms with Gasteiger partial charge in [-0.3, -0.25) is 4.79 Å². The maximum absolute atomic E-state index is 13.6. The van der Waals surface area contributed by atoms with E-state index >= 15 is 0 Å². The third-order valence-corrected chi connectivity index (χ3v) is 8.41. The van der Waals surface area contributed by atoms with E-state index in [1.807, 2.05) is 40.9 Å². The second-order valence-electron chi connectivity index (χ2n) is 8.56. The number of amides is 1. The third kappa shape index (κ3) is 3.41. The van der Waals surface area contributed by atoms with Gasteiger partial charge < -0.3 is 14.2 Å². The molecule has 1 aromatic carbocycles. The van der Waals surface area contributed by atoms with E-state index in [1.165, 1.54) is 0 Å². The molecule has 1 amide bonds. The Kier molecular flexibility index (Phi) is 4.86. The van der Waals surface area contributed by atoms with Gasteiger partial charge in [0.05, 0.1) is 6.04 Å². The van der Waals surface area contributed by atoms with Crippen LogP contribution in [0.3, 0.4) is 0 Å². The zero-order chi connectivity index (χ0) is 20.9. The van der Waals surface area contributed by atoms with E-state index < -0.39 is 10.0 Å². The molecule has 0 radical (unpaired) electrons. The average Bonchev–Trinajstić information content (AvgIpc) is 3.49. The lowest BCUT2D eigenvalue weighted by Crippen LogP contribution is -2.48. The molecule has 3 aliphatic rings. The van der Waals surface area contributed by atoms with Crippen molar-refractivity contribution >= 4 is 15.9 Å². The summed E-state index contributed by atoms with van der Waals surface area (Å²) < 4.78 is 36.9. The van der Waals surface area contributed by atoms with E-state index in [1.54, 1.807) is 22.5 Å². The highest BCUT2D eigenvalue weighted by Gasteiger charge is 2.45. The summed E-state index contributed by atoms with van der Waals surface area (Å²) in [5.74, 6) is 0.832. The highest BCUT2D eigenvalue weighted by molar-refractivity contribution is 7.89. The van der Waals surface area contributed by atoms with Crippen molar-refractivity contribution in [3.8, 4) is 5.75 Å². The van der Waals surface area contributed by atoms with Crippen molar-refractivity contribution in [2.75, 3.05) is 19.6 Å². The van der Waals surface area contributed by atoms with Gasteiger partial charge >= 0.3 is 0 Å². The molecule has 1 saturated heterocycles. The van der Waals surface area contributed by atoms with E-state index in [4.69, 9.17) is 4.74 Å². The Morgan fingerprint density at radius 2 is 1.83 bits per heavy atom. The van der Waals surface area contributed by atoms with Crippen LogP contribution in [0.4, 0.5) is 0 Å². The van der Waals surface area contributed by atoms with Gasteiger partial charge in [-0.2, -0.15) is 4.31 Å². The molecule has 3 heterocycles. The fraction of sp³-hybridized carbons (Fsp3) is 0.500. The molecule has 0 N–H and O–H groups in total.